The Morgan fingerprint density at radius 3 is 2.39 bits per heavy atom. The lowest BCUT2D eigenvalue weighted by atomic mass is 9.85. The lowest BCUT2D eigenvalue weighted by molar-refractivity contribution is -0.153. The molecule has 0 amide bonds. The molecule has 0 fully saturated rings. The summed E-state index contributed by atoms with van der Waals surface area (Å²) < 4.78 is 74.6. The van der Waals surface area contributed by atoms with Crippen LogP contribution in [0.5, 0.6) is 0 Å². The highest BCUT2D eigenvalue weighted by molar-refractivity contribution is 14.1. The van der Waals surface area contributed by atoms with Gasteiger partial charge in [-0.05, 0) is 50.7 Å². The van der Waals surface area contributed by atoms with E-state index in [1.54, 1.807) is 13.8 Å². The molecule has 1 unspecified atom stereocenters. The number of hydrogen-bond donors (Lipinski definition) is 0. The predicted octanol–water partition coefficient (Wildman–Crippen LogP) is 7.66. The number of ether oxygens (including phenoxy) is 1. The quantitative estimate of drug-likeness (QED) is 0.0762. The number of thioether (sulfide) groups is 1. The molecule has 5 nitrogen and oxygen atoms in total. The molecule has 0 saturated heterocycles. The fraction of sp³-hybridized carbons (Fsp3) is 0.565. The molecule has 0 spiro atoms. The molecule has 0 bridgehead atoms. The molecular formula is C23H27F3I2O5S3. The van der Waals surface area contributed by atoms with E-state index in [-0.39, 0.29) is 41.5 Å². The van der Waals surface area contributed by atoms with Crippen LogP contribution < -0.4 is 0 Å². The first-order valence-corrected chi connectivity index (χ1v) is 16.3. The Morgan fingerprint density at radius 2 is 1.81 bits per heavy atom. The summed E-state index contributed by atoms with van der Waals surface area (Å²) in [7, 11) is -3.53. The molecule has 1 atom stereocenters. The zero-order valence-corrected chi connectivity index (χ0v) is 26.8. The van der Waals surface area contributed by atoms with E-state index in [9.17, 15) is 26.4 Å². The van der Waals surface area contributed by atoms with Gasteiger partial charge in [0.1, 0.15) is 12.2 Å². The molecule has 0 aliphatic heterocycles. The van der Waals surface area contributed by atoms with Gasteiger partial charge in [0.05, 0.1) is 22.5 Å². The van der Waals surface area contributed by atoms with Crippen molar-refractivity contribution in [1.82, 2.24) is 0 Å². The van der Waals surface area contributed by atoms with E-state index in [0.29, 0.717) is 10.3 Å². The minimum Gasteiger partial charge on any atom is -0.464 e. The fourth-order valence-corrected chi connectivity index (χ4v) is 8.61. The number of esters is 1. The van der Waals surface area contributed by atoms with Gasteiger partial charge in [0, 0.05) is 29.4 Å². The Hall–Kier alpha value is -0.130. The third-order valence-corrected chi connectivity index (χ3v) is 10.9. The molecule has 13 heteroatoms. The van der Waals surface area contributed by atoms with Gasteiger partial charge in [-0.3, -0.25) is 4.79 Å². The van der Waals surface area contributed by atoms with Crippen molar-refractivity contribution in [2.24, 2.45) is 5.41 Å². The second-order valence-corrected chi connectivity index (χ2v) is 17.7. The molecule has 0 radical (unpaired) electrons. The van der Waals surface area contributed by atoms with Crippen molar-refractivity contribution in [1.29, 1.82) is 0 Å². The van der Waals surface area contributed by atoms with Crippen molar-refractivity contribution in [3.05, 3.63) is 34.5 Å². The highest BCUT2D eigenvalue weighted by Crippen LogP contribution is 2.38. The summed E-state index contributed by atoms with van der Waals surface area (Å²) in [6, 6.07) is 4.60. The number of hydrogen-bond acceptors (Lipinski definition) is 7. The molecule has 0 aliphatic rings. The molecule has 0 aliphatic carbocycles. The van der Waals surface area contributed by atoms with E-state index in [1.807, 2.05) is 0 Å². The van der Waals surface area contributed by atoms with Gasteiger partial charge in [-0.15, -0.1) is 11.8 Å². The topological polar surface area (TPSA) is 73.6 Å². The van der Waals surface area contributed by atoms with Gasteiger partial charge in [-0.25, -0.2) is 8.42 Å². The predicted molar refractivity (Wildman–Crippen MR) is 157 cm³/mol. The number of halogens is 5. The average Bonchev–Trinajstić information content (AvgIpc) is 2.70. The van der Waals surface area contributed by atoms with Gasteiger partial charge in [0.25, 0.3) is 0 Å². The SMILES string of the molecule is CC(C)(I)CC(I)C(C)(C)C(=O)OCCS(=O)(=O)CCSc1cc(=S)oc2cc(C(F)(F)F)ccc12. The van der Waals surface area contributed by atoms with E-state index in [4.69, 9.17) is 21.4 Å². The molecule has 0 saturated carbocycles. The van der Waals surface area contributed by atoms with Crippen LogP contribution in [-0.4, -0.2) is 45.6 Å². The van der Waals surface area contributed by atoms with Crippen molar-refractivity contribution in [3.63, 3.8) is 0 Å². The van der Waals surface area contributed by atoms with Crippen LogP contribution in [0.3, 0.4) is 0 Å². The van der Waals surface area contributed by atoms with Crippen LogP contribution in [0.15, 0.2) is 33.6 Å². The Balaban J connectivity index is 1.96. The van der Waals surface area contributed by atoms with Crippen molar-refractivity contribution >= 4 is 95.9 Å². The van der Waals surface area contributed by atoms with Crippen molar-refractivity contribution in [2.45, 2.75) is 52.5 Å². The monoisotopic (exact) mass is 790 g/mol. The Labute approximate surface area is 245 Å². The first kappa shape index (κ1) is 32.1. The van der Waals surface area contributed by atoms with E-state index in [1.165, 1.54) is 12.1 Å². The number of rotatable bonds is 11. The standard InChI is InChI=1S/C23H27F3I2O5S3/c1-21(2,28)13-18(27)22(3,4)20(29)32-7-9-36(30,31)10-8-35-17-12-19(34)33-16-11-14(23(24,25)26)5-6-15(16)17/h5-6,11-12,18H,7-10,13H2,1-4H3. The number of alkyl halides is 5. The maximum atomic E-state index is 13.0. The largest absolute Gasteiger partial charge is 0.464 e. The lowest BCUT2D eigenvalue weighted by Crippen LogP contribution is -2.38. The van der Waals surface area contributed by atoms with Crippen LogP contribution in [0.4, 0.5) is 13.2 Å². The third-order valence-electron chi connectivity index (χ3n) is 5.29. The number of benzene rings is 1. The van der Waals surface area contributed by atoms with Gasteiger partial charge in [0.2, 0.25) is 0 Å². The molecule has 2 rings (SSSR count). The highest BCUT2D eigenvalue weighted by Gasteiger charge is 2.39. The van der Waals surface area contributed by atoms with Crippen LogP contribution in [0.1, 0.15) is 39.7 Å². The van der Waals surface area contributed by atoms with Crippen LogP contribution in [-0.2, 0) is 25.5 Å². The average molecular weight is 790 g/mol. The summed E-state index contributed by atoms with van der Waals surface area (Å²) >= 11 is 10.7. The summed E-state index contributed by atoms with van der Waals surface area (Å²) in [5, 5.41) is 0.415. The molecule has 1 heterocycles. The molecule has 1 aromatic heterocycles. The Morgan fingerprint density at radius 1 is 1.17 bits per heavy atom. The highest BCUT2D eigenvalue weighted by atomic mass is 127. The van der Waals surface area contributed by atoms with E-state index in [0.717, 1.165) is 30.3 Å². The molecule has 0 N–H and O–H groups in total. The van der Waals surface area contributed by atoms with Gasteiger partial charge in [0.15, 0.2) is 14.5 Å². The first-order valence-electron chi connectivity index (χ1n) is 10.8. The number of carbonyl (C=O) groups excluding carboxylic acids is 1. The van der Waals surface area contributed by atoms with E-state index in [2.05, 4.69) is 59.0 Å². The second-order valence-electron chi connectivity index (χ2n) is 9.39. The van der Waals surface area contributed by atoms with Gasteiger partial charge < -0.3 is 9.15 Å². The molecular weight excluding hydrogens is 763 g/mol. The number of fused-ring (bicyclic) bond motifs is 1. The summed E-state index contributed by atoms with van der Waals surface area (Å²) in [6.07, 6.45) is -3.73. The summed E-state index contributed by atoms with van der Waals surface area (Å²) in [4.78, 5) is 13.1. The Kier molecular flexibility index (Phi) is 11.0. The molecule has 36 heavy (non-hydrogen) atoms. The minimum atomic E-state index is -4.52. The Bertz CT molecular complexity index is 1250. The first-order chi connectivity index (χ1) is 16.3. The van der Waals surface area contributed by atoms with E-state index < -0.39 is 33.0 Å². The summed E-state index contributed by atoms with van der Waals surface area (Å²) in [5.41, 5.74) is -1.64. The van der Waals surface area contributed by atoms with Crippen molar-refractivity contribution in [3.8, 4) is 0 Å². The molecule has 2 aromatic rings. The van der Waals surface area contributed by atoms with Crippen LogP contribution in [0, 0.1) is 10.1 Å². The zero-order valence-electron chi connectivity index (χ0n) is 20.1. The molecule has 1 aromatic carbocycles. The molecule has 202 valence electrons. The fourth-order valence-electron chi connectivity index (χ4n) is 3.07. The minimum absolute atomic E-state index is 0.00114. The maximum Gasteiger partial charge on any atom is 0.416 e. The maximum absolute atomic E-state index is 13.0. The summed E-state index contributed by atoms with van der Waals surface area (Å²) in [6.45, 7) is 7.50. The van der Waals surface area contributed by atoms with Crippen molar-refractivity contribution < 1.29 is 35.5 Å². The van der Waals surface area contributed by atoms with Gasteiger partial charge >= 0.3 is 12.1 Å². The normalized spacial score (nSPS) is 14.1. The van der Waals surface area contributed by atoms with Gasteiger partial charge in [-0.1, -0.05) is 59.0 Å². The van der Waals surface area contributed by atoms with Gasteiger partial charge in [-0.2, -0.15) is 13.2 Å². The summed E-state index contributed by atoms with van der Waals surface area (Å²) in [5.74, 6) is -0.803. The lowest BCUT2D eigenvalue weighted by Gasteiger charge is -2.31. The smallest absolute Gasteiger partial charge is 0.416 e. The van der Waals surface area contributed by atoms with Crippen LogP contribution in [0.2, 0.25) is 0 Å². The van der Waals surface area contributed by atoms with Crippen LogP contribution in [0.25, 0.3) is 11.0 Å². The second kappa shape index (κ2) is 12.4. The van der Waals surface area contributed by atoms with Crippen molar-refractivity contribution in [2.75, 3.05) is 23.9 Å². The number of carbonyl (C=O) groups is 1. The third kappa shape index (κ3) is 9.56. The zero-order chi connectivity index (χ0) is 27.5. The van der Waals surface area contributed by atoms with Crippen LogP contribution >= 0.6 is 69.2 Å². The number of sulfone groups is 1. The van der Waals surface area contributed by atoms with E-state index >= 15 is 0 Å².